The van der Waals surface area contributed by atoms with E-state index < -0.39 is 0 Å². The highest BCUT2D eigenvalue weighted by Crippen LogP contribution is 2.50. The number of benzene rings is 2. The molecule has 3 aromatic rings. The second kappa shape index (κ2) is 10.9. The molecule has 0 amide bonds. The third-order valence-electron chi connectivity index (χ3n) is 7.47. The lowest BCUT2D eigenvalue weighted by Gasteiger charge is -2.28. The van der Waals surface area contributed by atoms with Crippen LogP contribution < -0.4 is 14.4 Å². The Bertz CT molecular complexity index is 1460. The molecule has 0 aliphatic carbocycles. The van der Waals surface area contributed by atoms with Gasteiger partial charge in [-0.05, 0) is 72.0 Å². The van der Waals surface area contributed by atoms with Crippen LogP contribution in [0.3, 0.4) is 0 Å². The van der Waals surface area contributed by atoms with Crippen LogP contribution >= 0.6 is 11.8 Å². The van der Waals surface area contributed by atoms with Crippen LogP contribution in [0.5, 0.6) is 0 Å². The second-order valence-corrected chi connectivity index (χ2v) is 12.6. The van der Waals surface area contributed by atoms with Gasteiger partial charge in [0.2, 0.25) is 0 Å². The number of nitrogens with zero attached hydrogens (tertiary/aromatic N) is 4. The number of pyridine rings is 1. The number of rotatable bonds is 7. The topological polar surface area (TPSA) is 10.4 Å². The van der Waals surface area contributed by atoms with Crippen LogP contribution in [-0.4, -0.2) is 38.7 Å². The summed E-state index contributed by atoms with van der Waals surface area (Å²) >= 11 is 1.90. The minimum atomic E-state index is 1.00. The van der Waals surface area contributed by atoms with Crippen molar-refractivity contribution in [1.29, 1.82) is 0 Å². The Morgan fingerprint density at radius 3 is 2.56 bits per heavy atom. The zero-order valence-electron chi connectivity index (χ0n) is 23.3. The lowest BCUT2D eigenvalue weighted by Crippen LogP contribution is -2.39. The Kier molecular flexibility index (Phi) is 7.20. The fourth-order valence-corrected chi connectivity index (χ4v) is 6.71. The Morgan fingerprint density at radius 1 is 0.949 bits per heavy atom. The molecule has 0 fully saturated rings. The summed E-state index contributed by atoms with van der Waals surface area (Å²) in [5.74, 6) is 0. The molecule has 6 rings (SSSR count). The van der Waals surface area contributed by atoms with Gasteiger partial charge in [-0.2, -0.15) is 0 Å². The van der Waals surface area contributed by atoms with E-state index >= 15 is 0 Å². The predicted octanol–water partition coefficient (Wildman–Crippen LogP) is 6.77. The Morgan fingerprint density at radius 2 is 1.77 bits per heavy atom. The van der Waals surface area contributed by atoms with E-state index in [1.807, 2.05) is 11.8 Å². The van der Waals surface area contributed by atoms with Gasteiger partial charge in [0.25, 0.3) is 0 Å². The van der Waals surface area contributed by atoms with E-state index in [1.54, 1.807) is 0 Å². The maximum Gasteiger partial charge on any atom is 0.169 e. The van der Waals surface area contributed by atoms with Crippen molar-refractivity contribution in [2.75, 3.05) is 44.0 Å². The predicted molar refractivity (Wildman–Crippen MR) is 164 cm³/mol. The van der Waals surface area contributed by atoms with Gasteiger partial charge in [-0.15, -0.1) is 0 Å². The van der Waals surface area contributed by atoms with E-state index in [-0.39, 0.29) is 0 Å². The van der Waals surface area contributed by atoms with Gasteiger partial charge in [0.05, 0.1) is 44.8 Å². The third kappa shape index (κ3) is 5.90. The van der Waals surface area contributed by atoms with E-state index in [4.69, 9.17) is 0 Å². The number of thioether (sulfide) groups is 1. The van der Waals surface area contributed by atoms with Gasteiger partial charge in [-0.1, -0.05) is 42.1 Å². The summed E-state index contributed by atoms with van der Waals surface area (Å²) < 4.78 is 3.29. The number of hydrogen-bond donors (Lipinski definition) is 0. The van der Waals surface area contributed by atoms with Crippen molar-refractivity contribution in [2.45, 2.75) is 30.7 Å². The first-order valence-electron chi connectivity index (χ1n) is 14.0. The first kappa shape index (κ1) is 25.7. The molecule has 1 aromatic heterocycles. The average molecular weight is 535 g/mol. The average Bonchev–Trinajstić information content (AvgIpc) is 3.28. The van der Waals surface area contributed by atoms with Gasteiger partial charge in [-0.25, -0.2) is 4.57 Å². The molecule has 3 aliphatic heterocycles. The normalized spacial score (nSPS) is 18.6. The smallest absolute Gasteiger partial charge is 0.169 e. The molecule has 0 spiro atoms. The maximum absolute atomic E-state index is 2.52. The van der Waals surface area contributed by atoms with Crippen molar-refractivity contribution in [3.05, 3.63) is 125 Å². The molecular weight excluding hydrogens is 496 g/mol. The zero-order valence-corrected chi connectivity index (χ0v) is 24.1. The Balaban J connectivity index is 1.28. The molecule has 5 heteroatoms. The molecule has 4 heterocycles. The van der Waals surface area contributed by atoms with Crippen LogP contribution in [0.1, 0.15) is 24.0 Å². The van der Waals surface area contributed by atoms with E-state index in [0.29, 0.717) is 0 Å². The van der Waals surface area contributed by atoms with Crippen LogP contribution in [0.25, 0.3) is 6.08 Å². The fraction of sp³-hybridized carbons (Fsp3) is 0.265. The number of aryl methyl sites for hydroxylation is 2. The van der Waals surface area contributed by atoms with E-state index in [2.05, 4.69) is 139 Å². The van der Waals surface area contributed by atoms with Crippen LogP contribution in [0.4, 0.5) is 11.4 Å². The summed E-state index contributed by atoms with van der Waals surface area (Å²) in [5.41, 5.74) is 7.67. The molecule has 3 aliphatic rings. The van der Waals surface area contributed by atoms with Crippen LogP contribution in [-0.2, 0) is 13.0 Å². The summed E-state index contributed by atoms with van der Waals surface area (Å²) in [5, 5.41) is 1.33. The number of anilines is 2. The standard InChI is InChI=1S/C34H38N4S/c1-38(2,3)23-9-18-35-20-15-27(16-21-35)24-31-25-28(17-22-36(31)30-12-5-4-6-13-30)26-33-37-19-8-11-29-10-7-14-32(39-33)34(29)37/h4-7,10,12-17,20-22,24-26H,8-9,11,18-19,23H2,1-3H3/q+2. The molecule has 4 nitrogen and oxygen atoms in total. The number of aromatic nitrogens is 1. The molecule has 2 aromatic carbocycles. The summed E-state index contributed by atoms with van der Waals surface area (Å²) in [4.78, 5) is 6.19. The van der Waals surface area contributed by atoms with Crippen molar-refractivity contribution in [3.8, 4) is 0 Å². The number of quaternary nitrogens is 1. The first-order chi connectivity index (χ1) is 18.9. The summed E-state index contributed by atoms with van der Waals surface area (Å²) in [7, 11) is 6.76. The summed E-state index contributed by atoms with van der Waals surface area (Å²) in [6, 6.07) is 21.8. The minimum Gasteiger partial charge on any atom is -0.335 e. The van der Waals surface area contributed by atoms with E-state index in [1.165, 1.54) is 58.1 Å². The highest BCUT2D eigenvalue weighted by Gasteiger charge is 2.30. The molecule has 0 atom stereocenters. The Hall–Kier alpha value is -3.54. The molecule has 0 unspecified atom stereocenters. The minimum absolute atomic E-state index is 1.00. The molecule has 0 bridgehead atoms. The monoisotopic (exact) mass is 534 g/mol. The molecule has 198 valence electrons. The van der Waals surface area contributed by atoms with E-state index in [9.17, 15) is 0 Å². The number of hydrogen-bond acceptors (Lipinski definition) is 3. The van der Waals surface area contributed by atoms with Crippen molar-refractivity contribution < 1.29 is 9.05 Å². The van der Waals surface area contributed by atoms with Crippen LogP contribution in [0, 0.1) is 0 Å². The van der Waals surface area contributed by atoms with Gasteiger partial charge in [-0.3, -0.25) is 0 Å². The van der Waals surface area contributed by atoms with Crippen LogP contribution in [0.15, 0.2) is 119 Å². The maximum atomic E-state index is 2.52. The molecule has 0 radical (unpaired) electrons. The molecule has 39 heavy (non-hydrogen) atoms. The zero-order chi connectivity index (χ0) is 26.8. The second-order valence-electron chi connectivity index (χ2n) is 11.6. The van der Waals surface area contributed by atoms with Gasteiger partial charge < -0.3 is 14.3 Å². The number of para-hydroxylation sites is 2. The Labute approximate surface area is 237 Å². The summed E-state index contributed by atoms with van der Waals surface area (Å²) in [6.45, 7) is 3.31. The largest absolute Gasteiger partial charge is 0.335 e. The highest BCUT2D eigenvalue weighted by molar-refractivity contribution is 8.03. The van der Waals surface area contributed by atoms with Gasteiger partial charge in [0.15, 0.2) is 18.9 Å². The molecule has 0 saturated carbocycles. The van der Waals surface area contributed by atoms with Crippen molar-refractivity contribution in [3.63, 3.8) is 0 Å². The van der Waals surface area contributed by atoms with Crippen molar-refractivity contribution in [2.24, 2.45) is 0 Å². The van der Waals surface area contributed by atoms with Gasteiger partial charge in [0, 0.05) is 41.2 Å². The molecule has 0 saturated heterocycles. The lowest BCUT2D eigenvalue weighted by atomic mass is 10.0. The highest BCUT2D eigenvalue weighted by atomic mass is 32.2. The molecular formula is C34H38N4S+2. The molecule has 0 N–H and O–H groups in total. The fourth-order valence-electron chi connectivity index (χ4n) is 5.51. The third-order valence-corrected chi connectivity index (χ3v) is 8.57. The van der Waals surface area contributed by atoms with Gasteiger partial charge >= 0.3 is 0 Å². The van der Waals surface area contributed by atoms with Crippen molar-refractivity contribution in [1.82, 2.24) is 0 Å². The quantitative estimate of drug-likeness (QED) is 0.245. The first-order valence-corrected chi connectivity index (χ1v) is 14.8. The summed E-state index contributed by atoms with van der Waals surface area (Å²) in [6.07, 6.45) is 19.4. The van der Waals surface area contributed by atoms with E-state index in [0.717, 1.165) is 29.0 Å². The van der Waals surface area contributed by atoms with Crippen molar-refractivity contribution >= 4 is 29.2 Å². The lowest BCUT2D eigenvalue weighted by molar-refractivity contribution is -0.873. The van der Waals surface area contributed by atoms with Gasteiger partial charge in [0.1, 0.15) is 0 Å². The SMILES string of the molecule is C[N+](C)(C)CCC[n+]1ccc(/C=C2C=C(/C=C3\Sc4cccc5c4N3CCC5)C=CN\2c2ccccc2)cc1. The van der Waals surface area contributed by atoms with Crippen LogP contribution in [0.2, 0.25) is 0 Å². The number of allylic oxidation sites excluding steroid dienone is 4.